The van der Waals surface area contributed by atoms with E-state index in [4.69, 9.17) is 5.11 Å². The van der Waals surface area contributed by atoms with Crippen LogP contribution in [0.15, 0.2) is 12.2 Å². The fourth-order valence-electron chi connectivity index (χ4n) is 1.82. The molecule has 0 unspecified atom stereocenters. The van der Waals surface area contributed by atoms with Gasteiger partial charge in [-0.15, -0.1) is 0 Å². The van der Waals surface area contributed by atoms with Gasteiger partial charge < -0.3 is 5.11 Å². The Balaban J connectivity index is 3.34. The van der Waals surface area contributed by atoms with Crippen LogP contribution in [0.5, 0.6) is 0 Å². The maximum absolute atomic E-state index is 10.1. The van der Waals surface area contributed by atoms with E-state index in [2.05, 4.69) is 30.6 Å². The lowest BCUT2D eigenvalue weighted by molar-refractivity contribution is -0.131. The molecule has 2 heteroatoms. The van der Waals surface area contributed by atoms with Crippen LogP contribution in [0.25, 0.3) is 0 Å². The van der Waals surface area contributed by atoms with Crippen molar-refractivity contribution < 1.29 is 9.90 Å². The van der Waals surface area contributed by atoms with E-state index in [1.807, 2.05) is 0 Å². The molecule has 0 radical (unpaired) electrons. The second-order valence-electron chi connectivity index (χ2n) is 4.82. The number of carboxylic acids is 1. The predicted molar refractivity (Wildman–Crippen MR) is 84.2 cm³/mol. The number of carbonyl (C=O) groups is 1. The van der Waals surface area contributed by atoms with Gasteiger partial charge in [0.25, 0.3) is 0 Å². The third-order valence-corrected chi connectivity index (χ3v) is 2.94. The number of carboxylic acid groups (broad SMARTS) is 1. The number of allylic oxidation sites excluding steroid dienone is 1. The van der Waals surface area contributed by atoms with E-state index in [0.717, 1.165) is 18.9 Å². The Morgan fingerprint density at radius 1 is 0.950 bits per heavy atom. The molecule has 0 spiro atoms. The first kappa shape index (κ1) is 18.3. The maximum Gasteiger partial charge on any atom is 0.328 e. The third-order valence-electron chi connectivity index (χ3n) is 2.94. The minimum atomic E-state index is -0.984. The monoisotopic (exact) mass is 274 g/mol. The fraction of sp³-hybridized carbons (Fsp3) is 0.611. The molecule has 0 amide bonds. The lowest BCUT2D eigenvalue weighted by atomic mass is 10.1. The summed E-state index contributed by atoms with van der Waals surface area (Å²) in [4.78, 5) is 10.1. The number of aliphatic carboxylic acids is 1. The average Bonchev–Trinajstić information content (AvgIpc) is 2.43. The number of rotatable bonds is 10. The summed E-state index contributed by atoms with van der Waals surface area (Å²) in [5.74, 6) is 9.91. The first-order chi connectivity index (χ1) is 9.77. The number of hydrogen-bond acceptors (Lipinski definition) is 1. The molecule has 0 aromatic carbocycles. The highest BCUT2D eigenvalue weighted by Gasteiger charge is 1.90. The van der Waals surface area contributed by atoms with Gasteiger partial charge in [0.15, 0.2) is 0 Å². The van der Waals surface area contributed by atoms with Gasteiger partial charge in [-0.1, -0.05) is 70.1 Å². The first-order valence-electron chi connectivity index (χ1n) is 7.65. The van der Waals surface area contributed by atoms with Crippen LogP contribution in [0.2, 0.25) is 0 Å². The molecule has 0 heterocycles. The number of unbranched alkanes of at least 4 members (excludes halogenated alkanes) is 9. The summed E-state index contributed by atoms with van der Waals surface area (Å²) in [6.45, 7) is 2.24. The van der Waals surface area contributed by atoms with Gasteiger partial charge in [0.2, 0.25) is 0 Å². The molecule has 0 saturated carbocycles. The second-order valence-corrected chi connectivity index (χ2v) is 4.82. The summed E-state index contributed by atoms with van der Waals surface area (Å²) in [5.41, 5.74) is 0. The Hall–Kier alpha value is -1.67. The largest absolute Gasteiger partial charge is 0.478 e. The molecule has 20 heavy (non-hydrogen) atoms. The van der Waals surface area contributed by atoms with Crippen LogP contribution in [0.4, 0.5) is 0 Å². The highest BCUT2D eigenvalue weighted by atomic mass is 16.4. The van der Waals surface area contributed by atoms with Crippen molar-refractivity contribution in [2.45, 2.75) is 71.1 Å². The van der Waals surface area contributed by atoms with Crippen molar-refractivity contribution in [3.63, 3.8) is 0 Å². The molecule has 0 aromatic heterocycles. The fourth-order valence-corrected chi connectivity index (χ4v) is 1.82. The van der Waals surface area contributed by atoms with E-state index < -0.39 is 5.97 Å². The van der Waals surface area contributed by atoms with Crippen molar-refractivity contribution in [1.82, 2.24) is 0 Å². The zero-order valence-electron chi connectivity index (χ0n) is 12.6. The zero-order valence-corrected chi connectivity index (χ0v) is 12.6. The lowest BCUT2D eigenvalue weighted by Gasteiger charge is -1.99. The molecule has 2 nitrogen and oxygen atoms in total. The Bertz CT molecular complexity index is 385. The van der Waals surface area contributed by atoms with E-state index in [1.54, 1.807) is 0 Å². The van der Waals surface area contributed by atoms with Crippen LogP contribution in [0.3, 0.4) is 0 Å². The standard InChI is InChI=1S/C18H26O2/c1-2-3-4-5-6-7-8-9-10-11-12-13-14-15-16-17-18(19)20/h16-17H,2-11H2,1H3,(H,19,20). The summed E-state index contributed by atoms with van der Waals surface area (Å²) in [6.07, 6.45) is 15.0. The summed E-state index contributed by atoms with van der Waals surface area (Å²) in [5, 5.41) is 8.33. The lowest BCUT2D eigenvalue weighted by Crippen LogP contribution is -1.84. The molecular weight excluding hydrogens is 248 g/mol. The summed E-state index contributed by atoms with van der Waals surface area (Å²) >= 11 is 0. The van der Waals surface area contributed by atoms with Gasteiger partial charge in [-0.3, -0.25) is 0 Å². The molecule has 0 aliphatic rings. The van der Waals surface area contributed by atoms with Crippen molar-refractivity contribution in [3.8, 4) is 23.7 Å². The van der Waals surface area contributed by atoms with Crippen LogP contribution in [-0.4, -0.2) is 11.1 Å². The SMILES string of the molecule is CCCCCCCCCCCC#CC#CC=CC(=O)O. The minimum absolute atomic E-state index is 0.882. The van der Waals surface area contributed by atoms with Crippen molar-refractivity contribution in [3.05, 3.63) is 12.2 Å². The highest BCUT2D eigenvalue weighted by Crippen LogP contribution is 2.09. The van der Waals surface area contributed by atoms with Crippen molar-refractivity contribution in [1.29, 1.82) is 0 Å². The Kier molecular flexibility index (Phi) is 14.1. The Morgan fingerprint density at radius 3 is 2.15 bits per heavy atom. The van der Waals surface area contributed by atoms with E-state index >= 15 is 0 Å². The topological polar surface area (TPSA) is 37.3 Å². The molecule has 110 valence electrons. The predicted octanol–water partition coefficient (Wildman–Crippen LogP) is 4.55. The van der Waals surface area contributed by atoms with Crippen LogP contribution >= 0.6 is 0 Å². The molecule has 1 N–H and O–H groups in total. The Labute approximate surface area is 123 Å². The van der Waals surface area contributed by atoms with Gasteiger partial charge in [0.1, 0.15) is 0 Å². The van der Waals surface area contributed by atoms with Crippen LogP contribution < -0.4 is 0 Å². The van der Waals surface area contributed by atoms with Crippen molar-refractivity contribution in [2.24, 2.45) is 0 Å². The van der Waals surface area contributed by atoms with Crippen LogP contribution in [-0.2, 0) is 4.79 Å². The average molecular weight is 274 g/mol. The third kappa shape index (κ3) is 16.3. The van der Waals surface area contributed by atoms with E-state index in [9.17, 15) is 4.79 Å². The van der Waals surface area contributed by atoms with Gasteiger partial charge in [-0.2, -0.15) is 0 Å². The molecule has 0 saturated heterocycles. The molecule has 0 aliphatic heterocycles. The van der Waals surface area contributed by atoms with Gasteiger partial charge in [-0.25, -0.2) is 4.79 Å². The maximum atomic E-state index is 10.1. The van der Waals surface area contributed by atoms with E-state index in [1.165, 1.54) is 57.4 Å². The van der Waals surface area contributed by atoms with Crippen LogP contribution in [0, 0.1) is 23.7 Å². The van der Waals surface area contributed by atoms with Crippen molar-refractivity contribution >= 4 is 5.97 Å². The molecule has 0 fully saturated rings. The number of hydrogen-bond donors (Lipinski definition) is 1. The van der Waals surface area contributed by atoms with Crippen molar-refractivity contribution in [2.75, 3.05) is 0 Å². The van der Waals surface area contributed by atoms with Gasteiger partial charge >= 0.3 is 5.97 Å². The second kappa shape index (κ2) is 15.4. The molecule has 0 bridgehead atoms. The zero-order chi connectivity index (χ0) is 14.9. The summed E-state index contributed by atoms with van der Waals surface area (Å²) < 4.78 is 0. The summed E-state index contributed by atoms with van der Waals surface area (Å²) in [6, 6.07) is 0. The smallest absolute Gasteiger partial charge is 0.328 e. The highest BCUT2D eigenvalue weighted by molar-refractivity contribution is 5.80. The summed E-state index contributed by atoms with van der Waals surface area (Å²) in [7, 11) is 0. The minimum Gasteiger partial charge on any atom is -0.478 e. The van der Waals surface area contributed by atoms with E-state index in [0.29, 0.717) is 0 Å². The quantitative estimate of drug-likeness (QED) is 0.360. The van der Waals surface area contributed by atoms with E-state index in [-0.39, 0.29) is 0 Å². The van der Waals surface area contributed by atoms with Gasteiger partial charge in [-0.05, 0) is 24.3 Å². The van der Waals surface area contributed by atoms with Crippen LogP contribution in [0.1, 0.15) is 71.1 Å². The van der Waals surface area contributed by atoms with Gasteiger partial charge in [0.05, 0.1) is 0 Å². The molecule has 0 rings (SSSR count). The molecule has 0 aliphatic carbocycles. The van der Waals surface area contributed by atoms with Gasteiger partial charge in [0, 0.05) is 12.5 Å². The molecule has 0 aromatic rings. The Morgan fingerprint density at radius 2 is 1.55 bits per heavy atom. The normalized spacial score (nSPS) is 9.65. The molecule has 0 atom stereocenters. The molecular formula is C18H26O2. The first-order valence-corrected chi connectivity index (χ1v) is 7.65.